The second-order valence-electron chi connectivity index (χ2n) is 6.03. The van der Waals surface area contributed by atoms with E-state index in [-0.39, 0.29) is 22.4 Å². The summed E-state index contributed by atoms with van der Waals surface area (Å²) in [6.45, 7) is 0.799. The lowest BCUT2D eigenvalue weighted by molar-refractivity contribution is -0.133. The molecule has 1 amide bonds. The highest BCUT2D eigenvalue weighted by Gasteiger charge is 2.15. The lowest BCUT2D eigenvalue weighted by Gasteiger charge is -2.13. The summed E-state index contributed by atoms with van der Waals surface area (Å²) >= 11 is 0.962. The quantitative estimate of drug-likeness (QED) is 0.330. The van der Waals surface area contributed by atoms with Crippen molar-refractivity contribution in [3.05, 3.63) is 64.4 Å². The van der Waals surface area contributed by atoms with Gasteiger partial charge in [0.25, 0.3) is 11.5 Å². The van der Waals surface area contributed by atoms with Crippen LogP contribution < -0.4 is 10.9 Å². The van der Waals surface area contributed by atoms with Crippen LogP contribution in [-0.2, 0) is 9.53 Å². The minimum absolute atomic E-state index is 0.231. The van der Waals surface area contributed by atoms with Gasteiger partial charge >= 0.3 is 5.97 Å². The van der Waals surface area contributed by atoms with Gasteiger partial charge in [0.2, 0.25) is 0 Å². The maximum absolute atomic E-state index is 13.1. The van der Waals surface area contributed by atoms with Gasteiger partial charge < -0.3 is 15.2 Å². The van der Waals surface area contributed by atoms with E-state index in [1.165, 1.54) is 4.57 Å². The Balaban J connectivity index is 2.00. The van der Waals surface area contributed by atoms with E-state index in [1.807, 2.05) is 0 Å². The topological polar surface area (TPSA) is 111 Å². The predicted octanol–water partition coefficient (Wildman–Crippen LogP) is 1.94. The molecule has 0 saturated heterocycles. The van der Waals surface area contributed by atoms with Gasteiger partial charge in [0.15, 0.2) is 5.16 Å². The minimum atomic E-state index is -1.01. The normalized spacial score (nSPS) is 10.8. The van der Waals surface area contributed by atoms with E-state index in [4.69, 9.17) is 9.84 Å². The molecule has 0 aliphatic carbocycles. The molecule has 0 atom stereocenters. The first-order valence-corrected chi connectivity index (χ1v) is 9.74. The van der Waals surface area contributed by atoms with Crippen LogP contribution in [0.4, 0.5) is 0 Å². The van der Waals surface area contributed by atoms with Crippen molar-refractivity contribution in [3.8, 4) is 5.69 Å². The molecule has 1 aromatic heterocycles. The Hall–Kier alpha value is -3.17. The second-order valence-corrected chi connectivity index (χ2v) is 6.97. The Labute approximate surface area is 170 Å². The highest BCUT2D eigenvalue weighted by molar-refractivity contribution is 7.99. The molecule has 1 heterocycles. The summed E-state index contributed by atoms with van der Waals surface area (Å²) in [5.74, 6) is -1.49. The number of fused-ring (bicyclic) bond motifs is 1. The van der Waals surface area contributed by atoms with E-state index in [9.17, 15) is 14.4 Å². The van der Waals surface area contributed by atoms with Gasteiger partial charge in [-0.05, 0) is 36.4 Å². The SMILES string of the molecule is COCCNC(=O)c1ccc(-n2c(SCC(=O)O)nc3ccccc3c2=O)cc1. The number of carboxylic acids is 1. The molecule has 0 unspecified atom stereocenters. The molecule has 8 nitrogen and oxygen atoms in total. The number of carbonyl (C=O) groups excluding carboxylic acids is 1. The van der Waals surface area contributed by atoms with Gasteiger partial charge in [-0.3, -0.25) is 19.0 Å². The monoisotopic (exact) mass is 413 g/mol. The van der Waals surface area contributed by atoms with E-state index in [0.717, 1.165) is 11.8 Å². The van der Waals surface area contributed by atoms with Crippen molar-refractivity contribution in [3.63, 3.8) is 0 Å². The van der Waals surface area contributed by atoms with E-state index in [1.54, 1.807) is 55.6 Å². The Kier molecular flexibility index (Phi) is 6.63. The molecule has 3 aromatic rings. The van der Waals surface area contributed by atoms with Crippen molar-refractivity contribution >= 4 is 34.5 Å². The van der Waals surface area contributed by atoms with Gasteiger partial charge in [0.05, 0.1) is 29.0 Å². The number of hydrogen-bond donors (Lipinski definition) is 2. The lowest BCUT2D eigenvalue weighted by Crippen LogP contribution is -2.27. The molecule has 150 valence electrons. The fourth-order valence-corrected chi connectivity index (χ4v) is 3.43. The van der Waals surface area contributed by atoms with E-state index >= 15 is 0 Å². The summed E-state index contributed by atoms with van der Waals surface area (Å²) in [6.07, 6.45) is 0. The first-order chi connectivity index (χ1) is 14.0. The van der Waals surface area contributed by atoms with Gasteiger partial charge in [-0.2, -0.15) is 0 Å². The molecule has 0 radical (unpaired) electrons. The van der Waals surface area contributed by atoms with Crippen LogP contribution in [-0.4, -0.2) is 52.5 Å². The summed E-state index contributed by atoms with van der Waals surface area (Å²) < 4.78 is 6.27. The summed E-state index contributed by atoms with van der Waals surface area (Å²) in [4.78, 5) is 40.7. The van der Waals surface area contributed by atoms with Gasteiger partial charge in [-0.25, -0.2) is 4.98 Å². The number of ether oxygens (including phenoxy) is 1. The van der Waals surface area contributed by atoms with Gasteiger partial charge in [0, 0.05) is 19.2 Å². The number of rotatable bonds is 8. The number of carbonyl (C=O) groups is 2. The molecular formula is C20H19N3O5S. The maximum atomic E-state index is 13.1. The van der Waals surface area contributed by atoms with Crippen molar-refractivity contribution in [1.82, 2.24) is 14.9 Å². The molecule has 29 heavy (non-hydrogen) atoms. The van der Waals surface area contributed by atoms with E-state index < -0.39 is 5.97 Å². The summed E-state index contributed by atoms with van der Waals surface area (Å²) in [5.41, 5.74) is 1.12. The molecule has 0 spiro atoms. The zero-order chi connectivity index (χ0) is 20.8. The van der Waals surface area contributed by atoms with Gasteiger partial charge in [-0.15, -0.1) is 0 Å². The number of methoxy groups -OCH3 is 1. The molecule has 3 rings (SSSR count). The van der Waals surface area contributed by atoms with Crippen molar-refractivity contribution < 1.29 is 19.4 Å². The van der Waals surface area contributed by atoms with Crippen LogP contribution >= 0.6 is 11.8 Å². The Morgan fingerprint density at radius 3 is 2.59 bits per heavy atom. The average molecular weight is 413 g/mol. The third-order valence-electron chi connectivity index (χ3n) is 4.05. The smallest absolute Gasteiger partial charge is 0.313 e. The Morgan fingerprint density at radius 2 is 1.90 bits per heavy atom. The summed E-state index contributed by atoms with van der Waals surface area (Å²) in [6, 6.07) is 13.4. The number of carboxylic acid groups (broad SMARTS) is 1. The van der Waals surface area contributed by atoms with Crippen LogP contribution in [0.5, 0.6) is 0 Å². The third-order valence-corrected chi connectivity index (χ3v) is 4.97. The maximum Gasteiger partial charge on any atom is 0.313 e. The van der Waals surface area contributed by atoms with Crippen LogP contribution in [0.25, 0.3) is 16.6 Å². The number of hydrogen-bond acceptors (Lipinski definition) is 6. The number of amides is 1. The number of aromatic nitrogens is 2. The molecule has 9 heteroatoms. The van der Waals surface area contributed by atoms with E-state index in [2.05, 4.69) is 10.3 Å². The molecule has 0 aliphatic rings. The van der Waals surface area contributed by atoms with E-state index in [0.29, 0.717) is 35.3 Å². The van der Waals surface area contributed by atoms with Crippen molar-refractivity contribution in [2.45, 2.75) is 5.16 Å². The zero-order valence-corrected chi connectivity index (χ0v) is 16.4. The van der Waals surface area contributed by atoms with Crippen molar-refractivity contribution in [2.24, 2.45) is 0 Å². The average Bonchev–Trinajstić information content (AvgIpc) is 2.72. The molecular weight excluding hydrogens is 394 g/mol. The highest BCUT2D eigenvalue weighted by atomic mass is 32.2. The lowest BCUT2D eigenvalue weighted by atomic mass is 10.2. The first kappa shape index (κ1) is 20.6. The molecule has 0 saturated carbocycles. The van der Waals surface area contributed by atoms with Crippen LogP contribution in [0.2, 0.25) is 0 Å². The molecule has 2 aromatic carbocycles. The molecule has 0 fully saturated rings. The number of nitrogens with one attached hydrogen (secondary N) is 1. The van der Waals surface area contributed by atoms with Gasteiger partial charge in [-0.1, -0.05) is 23.9 Å². The van der Waals surface area contributed by atoms with Gasteiger partial charge in [0.1, 0.15) is 0 Å². The van der Waals surface area contributed by atoms with Crippen LogP contribution in [0.15, 0.2) is 58.5 Å². The van der Waals surface area contributed by atoms with Crippen LogP contribution in [0.1, 0.15) is 10.4 Å². The summed E-state index contributed by atoms with van der Waals surface area (Å²) in [7, 11) is 1.55. The number of nitrogens with zero attached hydrogens (tertiary/aromatic N) is 2. The Morgan fingerprint density at radius 1 is 1.17 bits per heavy atom. The summed E-state index contributed by atoms with van der Waals surface area (Å²) in [5, 5.41) is 12.4. The fraction of sp³-hybridized carbons (Fsp3) is 0.200. The number of para-hydroxylation sites is 1. The largest absolute Gasteiger partial charge is 0.481 e. The minimum Gasteiger partial charge on any atom is -0.481 e. The standard InChI is InChI=1S/C20H19N3O5S/c1-28-11-10-21-18(26)13-6-8-14(9-7-13)23-19(27)15-4-2-3-5-16(15)22-20(23)29-12-17(24)25/h2-9H,10-12H2,1H3,(H,21,26)(H,24,25). The van der Waals surface area contributed by atoms with Crippen LogP contribution in [0.3, 0.4) is 0 Å². The fourth-order valence-electron chi connectivity index (χ4n) is 2.69. The number of aliphatic carboxylic acids is 1. The predicted molar refractivity (Wildman–Crippen MR) is 110 cm³/mol. The second kappa shape index (κ2) is 9.35. The molecule has 0 aliphatic heterocycles. The van der Waals surface area contributed by atoms with Crippen molar-refractivity contribution in [2.75, 3.05) is 26.0 Å². The zero-order valence-electron chi connectivity index (χ0n) is 15.6. The highest BCUT2D eigenvalue weighted by Crippen LogP contribution is 2.21. The first-order valence-electron chi connectivity index (χ1n) is 8.75. The molecule has 0 bridgehead atoms. The van der Waals surface area contributed by atoms with Crippen LogP contribution in [0, 0.1) is 0 Å². The number of thioether (sulfide) groups is 1. The Bertz CT molecular complexity index is 1100. The van der Waals surface area contributed by atoms with Crippen molar-refractivity contribution in [1.29, 1.82) is 0 Å². The molecule has 2 N–H and O–H groups in total. The third kappa shape index (κ3) is 4.82. The number of benzene rings is 2.